The third kappa shape index (κ3) is 5.14. The molecule has 0 fully saturated rings. The van der Waals surface area contributed by atoms with E-state index >= 15 is 0 Å². The van der Waals surface area contributed by atoms with E-state index in [4.69, 9.17) is 67.3 Å². The van der Waals surface area contributed by atoms with E-state index in [1.54, 1.807) is 0 Å². The van der Waals surface area contributed by atoms with Crippen LogP contribution in [0.25, 0.3) is 0 Å². The number of benzene rings is 2. The summed E-state index contributed by atoms with van der Waals surface area (Å²) in [4.78, 5) is 0. The van der Waals surface area contributed by atoms with Crippen LogP contribution in [0, 0.1) is 0 Å². The van der Waals surface area contributed by atoms with Gasteiger partial charge in [0.05, 0.1) is 20.1 Å². The highest BCUT2D eigenvalue weighted by molar-refractivity contribution is 6.38. The minimum atomic E-state index is -0.473. The van der Waals surface area contributed by atoms with Gasteiger partial charge in [-0.15, -0.1) is 0 Å². The Labute approximate surface area is 179 Å². The van der Waals surface area contributed by atoms with Gasteiger partial charge in [-0.1, -0.05) is 60.3 Å². The van der Waals surface area contributed by atoms with Crippen LogP contribution in [0.3, 0.4) is 0 Å². The standard InChI is InChI=1S/C19H22Cl4N2O2/c1-19(2,11-7-13(20)17(14(21)8-11)26-5-3-24)12-9-15(22)18(16(23)10-12)27-6-4-25/h7-10H,3-6,24-25H2,1-2H3. The molecule has 0 bridgehead atoms. The lowest BCUT2D eigenvalue weighted by atomic mass is 9.78. The number of halogens is 4. The van der Waals surface area contributed by atoms with Crippen LogP contribution in [-0.4, -0.2) is 26.3 Å². The zero-order chi connectivity index (χ0) is 20.2. The smallest absolute Gasteiger partial charge is 0.156 e. The molecule has 0 aliphatic rings. The van der Waals surface area contributed by atoms with Gasteiger partial charge >= 0.3 is 0 Å². The zero-order valence-corrected chi connectivity index (χ0v) is 18.1. The zero-order valence-electron chi connectivity index (χ0n) is 15.1. The molecule has 0 unspecified atom stereocenters. The first-order valence-electron chi connectivity index (χ1n) is 8.37. The van der Waals surface area contributed by atoms with Crippen molar-refractivity contribution in [2.75, 3.05) is 26.3 Å². The molecule has 2 rings (SSSR count). The largest absolute Gasteiger partial charge is 0.489 e. The third-order valence-electron chi connectivity index (χ3n) is 4.17. The van der Waals surface area contributed by atoms with Crippen LogP contribution in [0.15, 0.2) is 24.3 Å². The average Bonchev–Trinajstić information content (AvgIpc) is 2.60. The molecule has 0 aliphatic carbocycles. The summed E-state index contributed by atoms with van der Waals surface area (Å²) in [6.07, 6.45) is 0. The molecule has 0 atom stereocenters. The third-order valence-corrected chi connectivity index (χ3v) is 5.29. The normalized spacial score (nSPS) is 11.6. The number of nitrogens with two attached hydrogens (primary N) is 2. The van der Waals surface area contributed by atoms with E-state index in [9.17, 15) is 0 Å². The molecule has 148 valence electrons. The van der Waals surface area contributed by atoms with Gasteiger partial charge in [0.25, 0.3) is 0 Å². The molecule has 0 aromatic heterocycles. The van der Waals surface area contributed by atoms with Gasteiger partial charge in [0, 0.05) is 18.5 Å². The highest BCUT2D eigenvalue weighted by atomic mass is 35.5. The Kier molecular flexibility index (Phi) is 7.93. The van der Waals surface area contributed by atoms with Crippen molar-refractivity contribution in [1.82, 2.24) is 0 Å². The molecule has 8 heteroatoms. The van der Waals surface area contributed by atoms with Crippen molar-refractivity contribution in [2.24, 2.45) is 11.5 Å². The first-order chi connectivity index (χ1) is 12.7. The van der Waals surface area contributed by atoms with Crippen molar-refractivity contribution in [3.63, 3.8) is 0 Å². The molecule has 2 aromatic rings. The molecule has 0 amide bonds. The molecule has 0 aliphatic heterocycles. The average molecular weight is 452 g/mol. The first kappa shape index (κ1) is 22.4. The van der Waals surface area contributed by atoms with Gasteiger partial charge in [-0.25, -0.2) is 0 Å². The summed E-state index contributed by atoms with van der Waals surface area (Å²) < 4.78 is 11.0. The number of hydrogen-bond acceptors (Lipinski definition) is 4. The second-order valence-corrected chi connectivity index (χ2v) is 8.07. The fourth-order valence-electron chi connectivity index (χ4n) is 2.61. The Hall–Kier alpha value is -0.880. The van der Waals surface area contributed by atoms with Crippen LogP contribution in [0.1, 0.15) is 25.0 Å². The van der Waals surface area contributed by atoms with Crippen LogP contribution in [0.4, 0.5) is 0 Å². The molecule has 0 heterocycles. The molecule has 0 spiro atoms. The Balaban J connectivity index is 2.43. The number of hydrogen-bond donors (Lipinski definition) is 2. The summed E-state index contributed by atoms with van der Waals surface area (Å²) >= 11 is 25.5. The SMILES string of the molecule is CC(C)(c1cc(Cl)c(OCCN)c(Cl)c1)c1cc(Cl)c(OCCN)c(Cl)c1. The van der Waals surface area contributed by atoms with Crippen LogP contribution in [0.2, 0.25) is 20.1 Å². The maximum Gasteiger partial charge on any atom is 0.156 e. The highest BCUT2D eigenvalue weighted by Crippen LogP contribution is 2.43. The number of rotatable bonds is 8. The summed E-state index contributed by atoms with van der Waals surface area (Å²) in [5.74, 6) is 0.842. The van der Waals surface area contributed by atoms with Crippen LogP contribution < -0.4 is 20.9 Å². The Morgan fingerprint density at radius 1 is 0.704 bits per heavy atom. The molecule has 27 heavy (non-hydrogen) atoms. The summed E-state index contributed by atoms with van der Waals surface area (Å²) in [6.45, 7) is 5.45. The van der Waals surface area contributed by atoms with Gasteiger partial charge in [-0.05, 0) is 35.4 Å². The van der Waals surface area contributed by atoms with Crippen molar-refractivity contribution in [3.05, 3.63) is 55.5 Å². The van der Waals surface area contributed by atoms with Gasteiger partial charge in [-0.2, -0.15) is 0 Å². The monoisotopic (exact) mass is 450 g/mol. The Morgan fingerprint density at radius 2 is 1.00 bits per heavy atom. The lowest BCUT2D eigenvalue weighted by Crippen LogP contribution is -2.20. The number of ether oxygens (including phenoxy) is 2. The van der Waals surface area contributed by atoms with E-state index < -0.39 is 5.41 Å². The van der Waals surface area contributed by atoms with Crippen molar-refractivity contribution in [1.29, 1.82) is 0 Å². The maximum absolute atomic E-state index is 6.37. The van der Waals surface area contributed by atoms with Gasteiger partial charge in [-0.3, -0.25) is 0 Å². The minimum absolute atomic E-state index is 0.331. The van der Waals surface area contributed by atoms with Gasteiger partial charge in [0.15, 0.2) is 11.5 Å². The summed E-state index contributed by atoms with van der Waals surface area (Å²) in [5.41, 5.74) is 12.2. The lowest BCUT2D eigenvalue weighted by Gasteiger charge is -2.28. The summed E-state index contributed by atoms with van der Waals surface area (Å²) in [5, 5.41) is 1.66. The molecule has 0 radical (unpaired) electrons. The van der Waals surface area contributed by atoms with Crippen LogP contribution in [0.5, 0.6) is 11.5 Å². The predicted molar refractivity (Wildman–Crippen MR) is 114 cm³/mol. The quantitative estimate of drug-likeness (QED) is 0.571. The predicted octanol–water partition coefficient (Wildman–Crippen LogP) is 5.30. The van der Waals surface area contributed by atoms with Crippen LogP contribution in [-0.2, 0) is 5.41 Å². The Bertz CT molecular complexity index is 701. The molecule has 0 saturated heterocycles. The van der Waals surface area contributed by atoms with Gasteiger partial charge in [0.2, 0.25) is 0 Å². The van der Waals surface area contributed by atoms with Crippen LogP contribution >= 0.6 is 46.4 Å². The summed E-state index contributed by atoms with van der Waals surface area (Å²) in [7, 11) is 0. The van der Waals surface area contributed by atoms with E-state index in [0.717, 1.165) is 11.1 Å². The fraction of sp³-hybridized carbons (Fsp3) is 0.368. The first-order valence-corrected chi connectivity index (χ1v) is 9.88. The molecule has 0 saturated carbocycles. The van der Waals surface area contributed by atoms with E-state index in [1.165, 1.54) is 0 Å². The maximum atomic E-state index is 6.37. The van der Waals surface area contributed by atoms with E-state index in [2.05, 4.69) is 0 Å². The second kappa shape index (κ2) is 9.55. The highest BCUT2D eigenvalue weighted by Gasteiger charge is 2.27. The molecule has 4 N–H and O–H groups in total. The van der Waals surface area contributed by atoms with E-state index in [-0.39, 0.29) is 0 Å². The minimum Gasteiger partial charge on any atom is -0.489 e. The van der Waals surface area contributed by atoms with Crippen molar-refractivity contribution in [2.45, 2.75) is 19.3 Å². The molecule has 2 aromatic carbocycles. The van der Waals surface area contributed by atoms with E-state index in [0.29, 0.717) is 57.9 Å². The van der Waals surface area contributed by atoms with Gasteiger partial charge in [0.1, 0.15) is 13.2 Å². The fourth-order valence-corrected chi connectivity index (χ4v) is 3.80. The van der Waals surface area contributed by atoms with Crippen molar-refractivity contribution >= 4 is 46.4 Å². The summed E-state index contributed by atoms with van der Waals surface area (Å²) in [6, 6.07) is 7.28. The van der Waals surface area contributed by atoms with Gasteiger partial charge < -0.3 is 20.9 Å². The van der Waals surface area contributed by atoms with Crippen molar-refractivity contribution in [3.8, 4) is 11.5 Å². The van der Waals surface area contributed by atoms with E-state index in [1.807, 2.05) is 38.1 Å². The molecular formula is C19H22Cl4N2O2. The topological polar surface area (TPSA) is 70.5 Å². The lowest BCUT2D eigenvalue weighted by molar-refractivity contribution is 0.328. The second-order valence-electron chi connectivity index (χ2n) is 6.44. The molecular weight excluding hydrogens is 430 g/mol. The Morgan fingerprint density at radius 3 is 1.26 bits per heavy atom. The van der Waals surface area contributed by atoms with Crippen molar-refractivity contribution < 1.29 is 9.47 Å². The molecule has 4 nitrogen and oxygen atoms in total.